The first-order valence-electron chi connectivity index (χ1n) is 7.11. The zero-order valence-electron chi connectivity index (χ0n) is 11.5. The van der Waals surface area contributed by atoms with Gasteiger partial charge in [-0.3, -0.25) is 4.90 Å². The minimum atomic E-state index is 0.603. The Balaban J connectivity index is 1.63. The normalized spacial score (nSPS) is 18.9. The van der Waals surface area contributed by atoms with Crippen LogP contribution in [-0.4, -0.2) is 18.0 Å². The molecule has 3 rings (SSSR count). The largest absolute Gasteiger partial charge is 0.298 e. The molecule has 1 atom stereocenters. The van der Waals surface area contributed by atoms with Crippen LogP contribution >= 0.6 is 0 Å². The van der Waals surface area contributed by atoms with Gasteiger partial charge < -0.3 is 0 Å². The summed E-state index contributed by atoms with van der Waals surface area (Å²) in [7, 11) is 0. The monoisotopic (exact) mass is 262 g/mol. The molecule has 0 aliphatic carbocycles. The van der Waals surface area contributed by atoms with Crippen molar-refractivity contribution in [2.24, 2.45) is 0 Å². The summed E-state index contributed by atoms with van der Waals surface area (Å²) in [5.74, 6) is 0.603. The standard InChI is InChI=1S/C18H18N2/c19-12-15-6-8-17(9-7-15)18-10-11-20(14-18)13-16-4-2-1-3-5-16/h1-9,18H,10-11,13-14H2. The Morgan fingerprint density at radius 2 is 1.80 bits per heavy atom. The molecule has 0 bridgehead atoms. The van der Waals surface area contributed by atoms with E-state index in [0.29, 0.717) is 5.92 Å². The molecule has 0 spiro atoms. The minimum absolute atomic E-state index is 0.603. The van der Waals surface area contributed by atoms with E-state index in [1.807, 2.05) is 12.1 Å². The molecule has 0 radical (unpaired) electrons. The molecule has 1 heterocycles. The fourth-order valence-corrected chi connectivity index (χ4v) is 2.92. The van der Waals surface area contributed by atoms with Crippen molar-refractivity contribution < 1.29 is 0 Å². The average Bonchev–Trinajstić information content (AvgIpc) is 2.97. The van der Waals surface area contributed by atoms with Crippen LogP contribution in [0.2, 0.25) is 0 Å². The highest BCUT2D eigenvalue weighted by atomic mass is 15.1. The maximum Gasteiger partial charge on any atom is 0.0991 e. The van der Waals surface area contributed by atoms with E-state index >= 15 is 0 Å². The predicted molar refractivity (Wildman–Crippen MR) is 80.2 cm³/mol. The Kier molecular flexibility index (Phi) is 3.80. The van der Waals surface area contributed by atoms with Gasteiger partial charge >= 0.3 is 0 Å². The lowest BCUT2D eigenvalue weighted by molar-refractivity contribution is 0.327. The van der Waals surface area contributed by atoms with E-state index in [-0.39, 0.29) is 0 Å². The molecule has 20 heavy (non-hydrogen) atoms. The molecule has 2 aromatic carbocycles. The molecule has 100 valence electrons. The number of likely N-dealkylation sites (tertiary alicyclic amines) is 1. The second-order valence-corrected chi connectivity index (χ2v) is 5.44. The number of rotatable bonds is 3. The van der Waals surface area contributed by atoms with E-state index < -0.39 is 0 Å². The Labute approximate surface area is 120 Å². The first-order chi connectivity index (χ1) is 9.85. The topological polar surface area (TPSA) is 27.0 Å². The number of hydrogen-bond donors (Lipinski definition) is 0. The van der Waals surface area contributed by atoms with E-state index in [1.165, 1.54) is 17.5 Å². The van der Waals surface area contributed by atoms with Crippen LogP contribution in [0.5, 0.6) is 0 Å². The SMILES string of the molecule is N#Cc1ccc(C2CCN(Cc3ccccc3)C2)cc1. The van der Waals surface area contributed by atoms with Gasteiger partial charge in [0.15, 0.2) is 0 Å². The van der Waals surface area contributed by atoms with Crippen molar-refractivity contribution in [2.75, 3.05) is 13.1 Å². The van der Waals surface area contributed by atoms with Gasteiger partial charge in [0.2, 0.25) is 0 Å². The van der Waals surface area contributed by atoms with Crippen molar-refractivity contribution in [3.8, 4) is 6.07 Å². The summed E-state index contributed by atoms with van der Waals surface area (Å²) in [4.78, 5) is 2.51. The predicted octanol–water partition coefficient (Wildman–Crippen LogP) is 3.55. The van der Waals surface area contributed by atoms with Crippen LogP contribution in [0.4, 0.5) is 0 Å². The maximum absolute atomic E-state index is 8.84. The molecule has 2 heteroatoms. The van der Waals surface area contributed by atoms with Gasteiger partial charge in [-0.05, 0) is 42.1 Å². The van der Waals surface area contributed by atoms with Gasteiger partial charge in [0.1, 0.15) is 0 Å². The molecule has 1 unspecified atom stereocenters. The maximum atomic E-state index is 8.84. The van der Waals surface area contributed by atoms with E-state index in [4.69, 9.17) is 5.26 Å². The Bertz CT molecular complexity index is 596. The van der Waals surface area contributed by atoms with Gasteiger partial charge in [-0.15, -0.1) is 0 Å². The number of hydrogen-bond acceptors (Lipinski definition) is 2. The average molecular weight is 262 g/mol. The lowest BCUT2D eigenvalue weighted by atomic mass is 9.97. The first kappa shape index (κ1) is 12.9. The van der Waals surface area contributed by atoms with Crippen LogP contribution < -0.4 is 0 Å². The third-order valence-corrected chi connectivity index (χ3v) is 4.03. The van der Waals surface area contributed by atoms with E-state index in [9.17, 15) is 0 Å². The number of benzene rings is 2. The molecule has 0 amide bonds. The van der Waals surface area contributed by atoms with Crippen LogP contribution in [0, 0.1) is 11.3 Å². The molecule has 0 aromatic heterocycles. The van der Waals surface area contributed by atoms with Crippen LogP contribution in [-0.2, 0) is 6.54 Å². The zero-order valence-corrected chi connectivity index (χ0v) is 11.5. The fourth-order valence-electron chi connectivity index (χ4n) is 2.92. The fraction of sp³-hybridized carbons (Fsp3) is 0.278. The molecular formula is C18H18N2. The smallest absolute Gasteiger partial charge is 0.0991 e. The molecule has 1 fully saturated rings. The van der Waals surface area contributed by atoms with E-state index in [2.05, 4.69) is 53.4 Å². The Morgan fingerprint density at radius 1 is 1.05 bits per heavy atom. The summed E-state index contributed by atoms with van der Waals surface area (Å²) in [6, 6.07) is 20.9. The highest BCUT2D eigenvalue weighted by molar-refractivity contribution is 5.33. The van der Waals surface area contributed by atoms with Gasteiger partial charge in [0.25, 0.3) is 0 Å². The van der Waals surface area contributed by atoms with Crippen LogP contribution in [0.3, 0.4) is 0 Å². The lowest BCUT2D eigenvalue weighted by Gasteiger charge is -2.16. The highest BCUT2D eigenvalue weighted by Gasteiger charge is 2.23. The second kappa shape index (κ2) is 5.90. The van der Waals surface area contributed by atoms with Gasteiger partial charge in [-0.1, -0.05) is 42.5 Å². The number of nitrogens with zero attached hydrogens (tertiary/aromatic N) is 2. The molecular weight excluding hydrogens is 244 g/mol. The lowest BCUT2D eigenvalue weighted by Crippen LogP contribution is -2.19. The number of nitriles is 1. The van der Waals surface area contributed by atoms with Gasteiger partial charge in [-0.25, -0.2) is 0 Å². The van der Waals surface area contributed by atoms with Gasteiger partial charge in [0, 0.05) is 13.1 Å². The molecule has 1 aliphatic heterocycles. The third-order valence-electron chi connectivity index (χ3n) is 4.03. The molecule has 0 saturated carbocycles. The summed E-state index contributed by atoms with van der Waals surface area (Å²) < 4.78 is 0. The summed E-state index contributed by atoms with van der Waals surface area (Å²) in [6.07, 6.45) is 1.21. The van der Waals surface area contributed by atoms with Gasteiger partial charge in [-0.2, -0.15) is 5.26 Å². The Morgan fingerprint density at radius 3 is 2.50 bits per heavy atom. The zero-order chi connectivity index (χ0) is 13.8. The van der Waals surface area contributed by atoms with Crippen LogP contribution in [0.25, 0.3) is 0 Å². The van der Waals surface area contributed by atoms with E-state index in [1.54, 1.807) is 0 Å². The van der Waals surface area contributed by atoms with Crippen LogP contribution in [0.1, 0.15) is 29.0 Å². The van der Waals surface area contributed by atoms with Crippen molar-refractivity contribution in [3.05, 3.63) is 71.3 Å². The summed E-state index contributed by atoms with van der Waals surface area (Å²) in [5, 5.41) is 8.84. The highest BCUT2D eigenvalue weighted by Crippen LogP contribution is 2.28. The summed E-state index contributed by atoms with van der Waals surface area (Å²) in [6.45, 7) is 3.30. The van der Waals surface area contributed by atoms with Crippen molar-refractivity contribution in [2.45, 2.75) is 18.9 Å². The molecule has 2 aromatic rings. The van der Waals surface area contributed by atoms with Crippen LogP contribution in [0.15, 0.2) is 54.6 Å². The minimum Gasteiger partial charge on any atom is -0.298 e. The Hall–Kier alpha value is -2.11. The van der Waals surface area contributed by atoms with E-state index in [0.717, 1.165) is 25.2 Å². The van der Waals surface area contributed by atoms with Crippen molar-refractivity contribution >= 4 is 0 Å². The molecule has 1 saturated heterocycles. The van der Waals surface area contributed by atoms with Crippen molar-refractivity contribution in [1.82, 2.24) is 4.90 Å². The van der Waals surface area contributed by atoms with Crippen molar-refractivity contribution in [1.29, 1.82) is 5.26 Å². The third kappa shape index (κ3) is 2.89. The second-order valence-electron chi connectivity index (χ2n) is 5.44. The quantitative estimate of drug-likeness (QED) is 0.846. The van der Waals surface area contributed by atoms with Crippen molar-refractivity contribution in [3.63, 3.8) is 0 Å². The molecule has 2 nitrogen and oxygen atoms in total. The molecule has 0 N–H and O–H groups in total. The first-order valence-corrected chi connectivity index (χ1v) is 7.11. The summed E-state index contributed by atoms with van der Waals surface area (Å²) in [5.41, 5.74) is 3.49. The summed E-state index contributed by atoms with van der Waals surface area (Å²) >= 11 is 0. The molecule has 1 aliphatic rings. The van der Waals surface area contributed by atoms with Gasteiger partial charge in [0.05, 0.1) is 11.6 Å².